The van der Waals surface area contributed by atoms with Gasteiger partial charge in [-0.1, -0.05) is 29.3 Å². The first-order valence-electron chi connectivity index (χ1n) is 9.40. The highest BCUT2D eigenvalue weighted by Gasteiger charge is 2.22. The van der Waals surface area contributed by atoms with Crippen molar-refractivity contribution < 1.29 is 0 Å². The van der Waals surface area contributed by atoms with E-state index in [1.165, 1.54) is 0 Å². The van der Waals surface area contributed by atoms with E-state index >= 15 is 0 Å². The molecule has 1 saturated heterocycles. The molecule has 0 atom stereocenters. The Morgan fingerprint density at radius 3 is 2.38 bits per heavy atom. The van der Waals surface area contributed by atoms with Crippen LogP contribution in [0, 0.1) is 6.92 Å². The van der Waals surface area contributed by atoms with Gasteiger partial charge in [0, 0.05) is 47.6 Å². The van der Waals surface area contributed by atoms with Gasteiger partial charge in [0.2, 0.25) is 0 Å². The van der Waals surface area contributed by atoms with Crippen molar-refractivity contribution in [3.05, 3.63) is 64.4 Å². The molecule has 29 heavy (non-hydrogen) atoms. The number of anilines is 5. The van der Waals surface area contributed by atoms with Gasteiger partial charge in [-0.25, -0.2) is 9.97 Å². The number of aryl methyl sites for hydroxylation is 1. The number of nitrogen functional groups attached to an aromatic ring is 1. The van der Waals surface area contributed by atoms with Gasteiger partial charge in [-0.05, 0) is 48.9 Å². The van der Waals surface area contributed by atoms with Gasteiger partial charge in [-0.2, -0.15) is 0 Å². The second-order valence-electron chi connectivity index (χ2n) is 7.00. The van der Waals surface area contributed by atoms with Crippen LogP contribution in [0.25, 0.3) is 0 Å². The molecule has 2 aromatic carbocycles. The Morgan fingerprint density at radius 2 is 1.66 bits per heavy atom. The monoisotopic (exact) mass is 428 g/mol. The van der Waals surface area contributed by atoms with Crippen LogP contribution < -0.4 is 20.9 Å². The Balaban J connectivity index is 1.49. The summed E-state index contributed by atoms with van der Waals surface area (Å²) in [6, 6.07) is 13.6. The SMILES string of the molecule is Cc1cc(Cl)ccc1Nc1ncnc(N2CCN(c3cccc(Cl)c3)CC2)c1N. The summed E-state index contributed by atoms with van der Waals surface area (Å²) in [5.74, 6) is 1.34. The highest BCUT2D eigenvalue weighted by atomic mass is 35.5. The maximum Gasteiger partial charge on any atom is 0.159 e. The van der Waals surface area contributed by atoms with Crippen LogP contribution in [0.1, 0.15) is 5.56 Å². The molecule has 2 heterocycles. The number of nitrogens with one attached hydrogen (secondary N) is 1. The number of rotatable bonds is 4. The van der Waals surface area contributed by atoms with E-state index in [-0.39, 0.29) is 0 Å². The molecule has 0 radical (unpaired) electrons. The minimum atomic E-state index is 0.540. The second-order valence-corrected chi connectivity index (χ2v) is 7.87. The third-order valence-electron chi connectivity index (χ3n) is 5.06. The zero-order valence-electron chi connectivity index (χ0n) is 16.1. The Bertz CT molecular complexity index is 1020. The van der Waals surface area contributed by atoms with Crippen molar-refractivity contribution in [2.24, 2.45) is 0 Å². The van der Waals surface area contributed by atoms with Crippen molar-refractivity contribution in [3.8, 4) is 0 Å². The number of aromatic nitrogens is 2. The molecule has 6 nitrogen and oxygen atoms in total. The molecule has 0 aliphatic carbocycles. The maximum atomic E-state index is 6.42. The molecular formula is C21H22Cl2N6. The lowest BCUT2D eigenvalue weighted by atomic mass is 10.2. The first kappa shape index (κ1) is 19.6. The van der Waals surface area contributed by atoms with Crippen molar-refractivity contribution in [1.29, 1.82) is 0 Å². The molecule has 4 rings (SSSR count). The van der Waals surface area contributed by atoms with Crippen LogP contribution in [-0.2, 0) is 0 Å². The first-order chi connectivity index (χ1) is 14.0. The Morgan fingerprint density at radius 1 is 0.931 bits per heavy atom. The van der Waals surface area contributed by atoms with E-state index in [4.69, 9.17) is 28.9 Å². The fourth-order valence-corrected chi connectivity index (χ4v) is 3.89. The Kier molecular flexibility index (Phi) is 5.65. The van der Waals surface area contributed by atoms with E-state index < -0.39 is 0 Å². The molecule has 1 fully saturated rings. The summed E-state index contributed by atoms with van der Waals surface area (Å²) < 4.78 is 0. The minimum absolute atomic E-state index is 0.540. The highest BCUT2D eigenvalue weighted by Crippen LogP contribution is 2.31. The quantitative estimate of drug-likeness (QED) is 0.624. The average Bonchev–Trinajstić information content (AvgIpc) is 2.72. The maximum absolute atomic E-state index is 6.42. The fourth-order valence-electron chi connectivity index (χ4n) is 3.48. The van der Waals surface area contributed by atoms with Crippen molar-refractivity contribution in [2.75, 3.05) is 47.0 Å². The molecule has 1 aliphatic rings. The van der Waals surface area contributed by atoms with Gasteiger partial charge < -0.3 is 20.9 Å². The summed E-state index contributed by atoms with van der Waals surface area (Å²) in [7, 11) is 0. The molecular weight excluding hydrogens is 407 g/mol. The zero-order chi connectivity index (χ0) is 20.4. The predicted octanol–water partition coefficient (Wildman–Crippen LogP) is 4.74. The Hall–Kier alpha value is -2.70. The van der Waals surface area contributed by atoms with Crippen LogP contribution in [0.4, 0.5) is 28.7 Å². The van der Waals surface area contributed by atoms with Gasteiger partial charge in [0.25, 0.3) is 0 Å². The van der Waals surface area contributed by atoms with Gasteiger partial charge in [0.1, 0.15) is 12.0 Å². The fraction of sp³-hybridized carbons (Fsp3) is 0.238. The molecule has 0 amide bonds. The molecule has 0 bridgehead atoms. The van der Waals surface area contributed by atoms with E-state index in [0.29, 0.717) is 16.5 Å². The summed E-state index contributed by atoms with van der Waals surface area (Å²) in [5, 5.41) is 4.75. The van der Waals surface area contributed by atoms with Gasteiger partial charge in [-0.3, -0.25) is 0 Å². The number of nitrogens with two attached hydrogens (primary N) is 1. The molecule has 150 valence electrons. The van der Waals surface area contributed by atoms with Crippen LogP contribution in [0.5, 0.6) is 0 Å². The van der Waals surface area contributed by atoms with E-state index in [9.17, 15) is 0 Å². The topological polar surface area (TPSA) is 70.3 Å². The molecule has 1 aromatic heterocycles. The third kappa shape index (κ3) is 4.33. The molecule has 3 N–H and O–H groups in total. The number of halogens is 2. The molecule has 0 saturated carbocycles. The minimum Gasteiger partial charge on any atom is -0.393 e. The van der Waals surface area contributed by atoms with E-state index in [2.05, 4.69) is 31.2 Å². The largest absolute Gasteiger partial charge is 0.393 e. The normalized spacial score (nSPS) is 14.2. The van der Waals surface area contributed by atoms with Crippen LogP contribution in [0.15, 0.2) is 48.8 Å². The van der Waals surface area contributed by atoms with Gasteiger partial charge in [-0.15, -0.1) is 0 Å². The van der Waals surface area contributed by atoms with Crippen LogP contribution in [-0.4, -0.2) is 36.1 Å². The number of hydrogen-bond acceptors (Lipinski definition) is 6. The van der Waals surface area contributed by atoms with Crippen molar-refractivity contribution in [2.45, 2.75) is 6.92 Å². The lowest BCUT2D eigenvalue weighted by Crippen LogP contribution is -2.47. The standard InChI is InChI=1S/C21H22Cl2N6/c1-14-11-16(23)5-6-18(14)27-20-19(24)21(26-13-25-20)29-9-7-28(8-10-29)17-4-2-3-15(22)12-17/h2-6,11-13H,7-10,24H2,1H3,(H,25,26,27). The lowest BCUT2D eigenvalue weighted by Gasteiger charge is -2.37. The number of piperazine rings is 1. The highest BCUT2D eigenvalue weighted by molar-refractivity contribution is 6.31. The molecule has 0 unspecified atom stereocenters. The van der Waals surface area contributed by atoms with Crippen LogP contribution >= 0.6 is 23.2 Å². The van der Waals surface area contributed by atoms with Gasteiger partial charge >= 0.3 is 0 Å². The van der Waals surface area contributed by atoms with E-state index in [1.54, 1.807) is 6.33 Å². The van der Waals surface area contributed by atoms with Gasteiger partial charge in [0.05, 0.1) is 0 Å². The second kappa shape index (κ2) is 8.35. The Labute approximate surface area is 180 Å². The smallest absolute Gasteiger partial charge is 0.159 e. The first-order valence-corrected chi connectivity index (χ1v) is 10.2. The summed E-state index contributed by atoms with van der Waals surface area (Å²) >= 11 is 12.2. The van der Waals surface area contributed by atoms with E-state index in [0.717, 1.165) is 54.0 Å². The predicted molar refractivity (Wildman–Crippen MR) is 122 cm³/mol. The lowest BCUT2D eigenvalue weighted by molar-refractivity contribution is 0.647. The van der Waals surface area contributed by atoms with Crippen molar-refractivity contribution in [3.63, 3.8) is 0 Å². The number of benzene rings is 2. The number of hydrogen-bond donors (Lipinski definition) is 2. The third-order valence-corrected chi connectivity index (χ3v) is 5.53. The molecule has 8 heteroatoms. The summed E-state index contributed by atoms with van der Waals surface area (Å²) in [4.78, 5) is 13.3. The molecule has 0 spiro atoms. The molecule has 1 aliphatic heterocycles. The zero-order valence-corrected chi connectivity index (χ0v) is 17.6. The van der Waals surface area contributed by atoms with Crippen molar-refractivity contribution in [1.82, 2.24) is 9.97 Å². The summed E-state index contributed by atoms with van der Waals surface area (Å²) in [6.07, 6.45) is 1.54. The van der Waals surface area contributed by atoms with Crippen molar-refractivity contribution >= 4 is 51.9 Å². The van der Waals surface area contributed by atoms with Gasteiger partial charge in [0.15, 0.2) is 11.6 Å². The van der Waals surface area contributed by atoms with E-state index in [1.807, 2.05) is 43.3 Å². The van der Waals surface area contributed by atoms with Crippen LogP contribution in [0.3, 0.4) is 0 Å². The average molecular weight is 429 g/mol. The number of nitrogens with zero attached hydrogens (tertiary/aromatic N) is 4. The van der Waals surface area contributed by atoms with Crippen LogP contribution in [0.2, 0.25) is 10.0 Å². The summed E-state index contributed by atoms with van der Waals surface area (Å²) in [5.41, 5.74) is 10.0. The summed E-state index contributed by atoms with van der Waals surface area (Å²) in [6.45, 7) is 5.34. The molecule has 3 aromatic rings.